The van der Waals surface area contributed by atoms with Crippen molar-refractivity contribution in [3.05, 3.63) is 70.9 Å². The molecule has 4 rings (SSSR count). The molecule has 3 aromatic rings. The molecule has 1 aliphatic heterocycles. The lowest BCUT2D eigenvalue weighted by Gasteiger charge is -2.32. The Kier molecular flexibility index (Phi) is 5.35. The van der Waals surface area contributed by atoms with Crippen LogP contribution in [0.3, 0.4) is 0 Å². The van der Waals surface area contributed by atoms with Crippen molar-refractivity contribution in [1.29, 1.82) is 0 Å². The van der Waals surface area contributed by atoms with Gasteiger partial charge in [-0.2, -0.15) is 0 Å². The minimum atomic E-state index is -0.186. The van der Waals surface area contributed by atoms with Crippen LogP contribution in [0.2, 0.25) is 5.02 Å². The zero-order valence-corrected chi connectivity index (χ0v) is 16.2. The van der Waals surface area contributed by atoms with Gasteiger partial charge in [0.15, 0.2) is 0 Å². The number of piperidine rings is 1. The number of hydrogen-bond acceptors (Lipinski definition) is 2. The second-order valence-corrected chi connectivity index (χ2v) is 7.67. The first-order chi connectivity index (χ1) is 13.6. The summed E-state index contributed by atoms with van der Waals surface area (Å²) in [5.74, 6) is -0.101. The van der Waals surface area contributed by atoms with Gasteiger partial charge in [0, 0.05) is 35.7 Å². The number of hydrogen-bond donors (Lipinski definition) is 2. The zero-order chi connectivity index (χ0) is 19.5. The van der Waals surface area contributed by atoms with Gasteiger partial charge in [0.05, 0.1) is 12.5 Å². The lowest BCUT2D eigenvalue weighted by molar-refractivity contribution is -0.139. The van der Waals surface area contributed by atoms with E-state index in [1.165, 1.54) is 0 Å². The number of H-pyrrole nitrogens is 1. The van der Waals surface area contributed by atoms with Crippen molar-refractivity contribution in [1.82, 2.24) is 15.2 Å². The van der Waals surface area contributed by atoms with Gasteiger partial charge in [0.1, 0.15) is 0 Å². The zero-order valence-electron chi connectivity index (χ0n) is 15.5. The molecular weight excluding hydrogens is 374 g/mol. The largest absolute Gasteiger partial charge is 0.357 e. The second-order valence-electron chi connectivity index (χ2n) is 7.24. The van der Waals surface area contributed by atoms with Gasteiger partial charge in [-0.05, 0) is 41.6 Å². The Hall–Kier alpha value is -2.79. The van der Waals surface area contributed by atoms with Crippen LogP contribution in [0.5, 0.6) is 0 Å². The van der Waals surface area contributed by atoms with Gasteiger partial charge in [-0.1, -0.05) is 41.9 Å². The fourth-order valence-electron chi connectivity index (χ4n) is 3.65. The Labute approximate surface area is 168 Å². The van der Waals surface area contributed by atoms with E-state index in [1.807, 2.05) is 54.6 Å². The monoisotopic (exact) mass is 395 g/mol. The van der Waals surface area contributed by atoms with E-state index in [-0.39, 0.29) is 17.7 Å². The van der Waals surface area contributed by atoms with E-state index in [9.17, 15) is 9.59 Å². The van der Waals surface area contributed by atoms with Crippen LogP contribution in [0.25, 0.3) is 10.9 Å². The highest BCUT2D eigenvalue weighted by Crippen LogP contribution is 2.21. The number of rotatable bonds is 5. The number of aromatic nitrogens is 1. The first-order valence-corrected chi connectivity index (χ1v) is 9.83. The number of carbonyl (C=O) groups is 2. The van der Waals surface area contributed by atoms with Crippen LogP contribution >= 0.6 is 11.6 Å². The topological polar surface area (TPSA) is 65.2 Å². The fraction of sp³-hybridized carbons (Fsp3) is 0.273. The molecule has 1 aromatic heterocycles. The van der Waals surface area contributed by atoms with Crippen molar-refractivity contribution >= 4 is 34.3 Å². The molecule has 144 valence electrons. The molecule has 1 atom stereocenters. The number of benzene rings is 2. The summed E-state index contributed by atoms with van der Waals surface area (Å²) < 4.78 is 0. The standard InChI is InChI=1S/C22H22ClN3O2/c23-18-8-5-15(6-9-18)13-26-14-17(7-10-21(26)27)22(28)24-12-19-11-16-3-1-2-4-20(16)25-19/h1-6,8-9,11,17,25H,7,10,12-14H2,(H,24,28)/t17-/m1/s1. The number of carbonyl (C=O) groups excluding carboxylic acids is 2. The molecule has 0 saturated carbocycles. The number of fused-ring (bicyclic) bond motifs is 1. The van der Waals surface area contributed by atoms with Crippen LogP contribution in [0.4, 0.5) is 0 Å². The number of amides is 2. The predicted octanol–water partition coefficient (Wildman–Crippen LogP) is 3.88. The summed E-state index contributed by atoms with van der Waals surface area (Å²) in [6, 6.07) is 17.5. The minimum Gasteiger partial charge on any atom is -0.357 e. The maximum Gasteiger partial charge on any atom is 0.225 e. The van der Waals surface area contributed by atoms with Gasteiger partial charge >= 0.3 is 0 Å². The summed E-state index contributed by atoms with van der Waals surface area (Å²) in [5, 5.41) is 4.81. The van der Waals surface area contributed by atoms with E-state index in [1.54, 1.807) is 4.90 Å². The van der Waals surface area contributed by atoms with Gasteiger partial charge in [-0.25, -0.2) is 0 Å². The van der Waals surface area contributed by atoms with Crippen LogP contribution in [0.1, 0.15) is 24.1 Å². The fourth-order valence-corrected chi connectivity index (χ4v) is 3.77. The third-order valence-electron chi connectivity index (χ3n) is 5.20. The molecule has 0 spiro atoms. The van der Waals surface area contributed by atoms with Gasteiger partial charge in [-0.15, -0.1) is 0 Å². The summed E-state index contributed by atoms with van der Waals surface area (Å²) in [4.78, 5) is 30.0. The molecule has 0 bridgehead atoms. The maximum atomic E-state index is 12.7. The molecular formula is C22H22ClN3O2. The van der Waals surface area contributed by atoms with Crippen molar-refractivity contribution in [3.8, 4) is 0 Å². The number of halogens is 1. The van der Waals surface area contributed by atoms with E-state index < -0.39 is 0 Å². The highest BCUT2D eigenvalue weighted by molar-refractivity contribution is 6.30. The van der Waals surface area contributed by atoms with Gasteiger partial charge in [0.2, 0.25) is 11.8 Å². The van der Waals surface area contributed by atoms with Crippen molar-refractivity contribution in [3.63, 3.8) is 0 Å². The number of likely N-dealkylation sites (tertiary alicyclic amines) is 1. The van der Waals surface area contributed by atoms with E-state index in [0.29, 0.717) is 37.5 Å². The smallest absolute Gasteiger partial charge is 0.225 e. The van der Waals surface area contributed by atoms with Crippen LogP contribution < -0.4 is 5.32 Å². The first-order valence-electron chi connectivity index (χ1n) is 9.45. The highest BCUT2D eigenvalue weighted by Gasteiger charge is 2.30. The number of aromatic amines is 1. The normalized spacial score (nSPS) is 17.1. The molecule has 2 heterocycles. The lowest BCUT2D eigenvalue weighted by atomic mass is 9.96. The molecule has 2 amide bonds. The van der Waals surface area contributed by atoms with Gasteiger partial charge < -0.3 is 15.2 Å². The quantitative estimate of drug-likeness (QED) is 0.688. The molecule has 1 saturated heterocycles. The number of nitrogens with zero attached hydrogens (tertiary/aromatic N) is 1. The van der Waals surface area contributed by atoms with E-state index in [2.05, 4.69) is 10.3 Å². The molecule has 28 heavy (non-hydrogen) atoms. The summed E-state index contributed by atoms with van der Waals surface area (Å²) >= 11 is 5.92. The van der Waals surface area contributed by atoms with Crippen LogP contribution in [0.15, 0.2) is 54.6 Å². The molecule has 0 unspecified atom stereocenters. The van der Waals surface area contributed by atoms with Crippen molar-refractivity contribution < 1.29 is 9.59 Å². The third-order valence-corrected chi connectivity index (χ3v) is 5.45. The average molecular weight is 396 g/mol. The first kappa shape index (κ1) is 18.6. The maximum absolute atomic E-state index is 12.7. The Morgan fingerprint density at radius 2 is 1.96 bits per heavy atom. The molecule has 2 N–H and O–H groups in total. The molecule has 1 aliphatic rings. The molecule has 5 nitrogen and oxygen atoms in total. The van der Waals surface area contributed by atoms with Crippen LogP contribution in [-0.2, 0) is 22.7 Å². The number of para-hydroxylation sites is 1. The SMILES string of the molecule is O=C(NCc1cc2ccccc2[nH]1)[C@@H]1CCC(=O)N(Cc2ccc(Cl)cc2)C1. The summed E-state index contributed by atoms with van der Waals surface area (Å²) in [6.07, 6.45) is 0.993. The van der Waals surface area contributed by atoms with Gasteiger partial charge in [0.25, 0.3) is 0 Å². The Bertz CT molecular complexity index is 963. The second kappa shape index (κ2) is 8.07. The lowest BCUT2D eigenvalue weighted by Crippen LogP contribution is -2.45. The van der Waals surface area contributed by atoms with E-state index >= 15 is 0 Å². The van der Waals surface area contributed by atoms with Crippen LogP contribution in [0, 0.1) is 5.92 Å². The molecule has 0 aliphatic carbocycles. The molecule has 6 heteroatoms. The summed E-state index contributed by atoms with van der Waals surface area (Å²) in [7, 11) is 0. The van der Waals surface area contributed by atoms with E-state index in [4.69, 9.17) is 11.6 Å². The minimum absolute atomic E-state index is 0.00716. The highest BCUT2D eigenvalue weighted by atomic mass is 35.5. The van der Waals surface area contributed by atoms with Crippen molar-refractivity contribution in [2.24, 2.45) is 5.92 Å². The summed E-state index contributed by atoms with van der Waals surface area (Å²) in [5.41, 5.74) is 3.04. The molecule has 2 aromatic carbocycles. The number of nitrogens with one attached hydrogen (secondary N) is 2. The van der Waals surface area contributed by atoms with Crippen LogP contribution in [-0.4, -0.2) is 28.2 Å². The average Bonchev–Trinajstić information content (AvgIpc) is 3.12. The van der Waals surface area contributed by atoms with Crippen molar-refractivity contribution in [2.45, 2.75) is 25.9 Å². The molecule has 0 radical (unpaired) electrons. The van der Waals surface area contributed by atoms with E-state index in [0.717, 1.165) is 22.2 Å². The Morgan fingerprint density at radius 3 is 2.75 bits per heavy atom. The summed E-state index contributed by atoms with van der Waals surface area (Å²) in [6.45, 7) is 1.40. The van der Waals surface area contributed by atoms with Crippen molar-refractivity contribution in [2.75, 3.05) is 6.54 Å². The van der Waals surface area contributed by atoms with Gasteiger partial charge in [-0.3, -0.25) is 9.59 Å². The third kappa shape index (κ3) is 4.20. The Balaban J connectivity index is 1.35. The Morgan fingerprint density at radius 1 is 1.18 bits per heavy atom. The predicted molar refractivity (Wildman–Crippen MR) is 110 cm³/mol. The molecule has 1 fully saturated rings.